The molecule has 2 heterocycles. The maximum Gasteiger partial charge on any atom is 0.180 e. The molecule has 0 saturated carbocycles. The van der Waals surface area contributed by atoms with E-state index >= 15 is 0 Å². The molecular formula is C13H18IN5. The number of imidazole rings is 1. The van der Waals surface area contributed by atoms with Crippen molar-refractivity contribution in [2.24, 2.45) is 13.0 Å². The van der Waals surface area contributed by atoms with Gasteiger partial charge in [-0.05, 0) is 34.9 Å². The summed E-state index contributed by atoms with van der Waals surface area (Å²) in [6.07, 6.45) is 4.50. The first-order valence-electron chi connectivity index (χ1n) is 6.23. The van der Waals surface area contributed by atoms with Crippen LogP contribution in [0, 0.1) is 9.49 Å². The minimum Gasteiger partial charge on any atom is -0.372 e. The van der Waals surface area contributed by atoms with Crippen LogP contribution in [0.5, 0.6) is 0 Å². The van der Waals surface area contributed by atoms with Crippen LogP contribution in [-0.4, -0.2) is 26.6 Å². The Morgan fingerprint density at radius 2 is 2.11 bits per heavy atom. The molecule has 102 valence electrons. The van der Waals surface area contributed by atoms with Crippen molar-refractivity contribution in [3.05, 3.63) is 21.8 Å². The van der Waals surface area contributed by atoms with Gasteiger partial charge >= 0.3 is 0 Å². The SMILES string of the molecule is CNc1nc(-c2cncn2C)nc(CC(C)C)c1I. The molecule has 6 heteroatoms. The fraction of sp³-hybridized carbons (Fsp3) is 0.462. The lowest BCUT2D eigenvalue weighted by Gasteiger charge is -2.12. The molecule has 0 atom stereocenters. The number of nitrogens with one attached hydrogen (secondary N) is 1. The van der Waals surface area contributed by atoms with Crippen molar-refractivity contribution in [3.8, 4) is 11.5 Å². The molecule has 0 fully saturated rings. The summed E-state index contributed by atoms with van der Waals surface area (Å²) in [5, 5.41) is 3.14. The molecule has 0 spiro atoms. The quantitative estimate of drug-likeness (QED) is 0.840. The topological polar surface area (TPSA) is 55.6 Å². The van der Waals surface area contributed by atoms with Gasteiger partial charge in [0.25, 0.3) is 0 Å². The number of rotatable bonds is 4. The van der Waals surface area contributed by atoms with Crippen molar-refractivity contribution in [2.45, 2.75) is 20.3 Å². The normalized spacial score (nSPS) is 11.1. The number of aryl methyl sites for hydroxylation is 1. The van der Waals surface area contributed by atoms with Gasteiger partial charge in [-0.1, -0.05) is 13.8 Å². The molecule has 19 heavy (non-hydrogen) atoms. The summed E-state index contributed by atoms with van der Waals surface area (Å²) < 4.78 is 3.03. The lowest BCUT2D eigenvalue weighted by Crippen LogP contribution is -2.08. The zero-order chi connectivity index (χ0) is 14.0. The van der Waals surface area contributed by atoms with Crippen molar-refractivity contribution in [1.82, 2.24) is 19.5 Å². The molecule has 5 nitrogen and oxygen atoms in total. The number of nitrogens with zero attached hydrogens (tertiary/aromatic N) is 4. The summed E-state index contributed by atoms with van der Waals surface area (Å²) in [6.45, 7) is 4.39. The van der Waals surface area contributed by atoms with Gasteiger partial charge in [0.15, 0.2) is 5.82 Å². The van der Waals surface area contributed by atoms with Gasteiger partial charge in [-0.2, -0.15) is 0 Å². The molecule has 2 aromatic rings. The van der Waals surface area contributed by atoms with Crippen LogP contribution in [0.25, 0.3) is 11.5 Å². The Kier molecular flexibility index (Phi) is 4.38. The average molecular weight is 371 g/mol. The highest BCUT2D eigenvalue weighted by molar-refractivity contribution is 14.1. The average Bonchev–Trinajstić information content (AvgIpc) is 2.77. The first-order chi connectivity index (χ1) is 9.02. The van der Waals surface area contributed by atoms with Crippen LogP contribution in [0.2, 0.25) is 0 Å². The molecule has 0 unspecified atom stereocenters. The molecular weight excluding hydrogens is 353 g/mol. The second kappa shape index (κ2) is 5.85. The van der Waals surface area contributed by atoms with Crippen molar-refractivity contribution >= 4 is 28.4 Å². The van der Waals surface area contributed by atoms with E-state index in [9.17, 15) is 0 Å². The molecule has 0 aliphatic carbocycles. The number of anilines is 1. The third-order valence-corrected chi connectivity index (χ3v) is 3.94. The number of aromatic nitrogens is 4. The predicted molar refractivity (Wildman–Crippen MR) is 85.0 cm³/mol. The van der Waals surface area contributed by atoms with Gasteiger partial charge in [-0.15, -0.1) is 0 Å². The highest BCUT2D eigenvalue weighted by Crippen LogP contribution is 2.25. The van der Waals surface area contributed by atoms with Gasteiger partial charge in [0.1, 0.15) is 11.5 Å². The van der Waals surface area contributed by atoms with E-state index in [1.54, 1.807) is 12.5 Å². The summed E-state index contributed by atoms with van der Waals surface area (Å²) in [6, 6.07) is 0. The maximum atomic E-state index is 4.70. The van der Waals surface area contributed by atoms with Gasteiger partial charge in [-0.25, -0.2) is 15.0 Å². The second-order valence-corrected chi connectivity index (χ2v) is 5.97. The van der Waals surface area contributed by atoms with Crippen LogP contribution in [-0.2, 0) is 13.5 Å². The molecule has 2 rings (SSSR count). The Balaban J connectivity index is 2.54. The summed E-state index contributed by atoms with van der Waals surface area (Å²) in [5.41, 5.74) is 2.02. The van der Waals surface area contributed by atoms with E-state index in [0.717, 1.165) is 33.0 Å². The largest absolute Gasteiger partial charge is 0.372 e. The standard InChI is InChI=1S/C13H18IN5/c1-8(2)5-9-11(14)13(15-3)18-12(17-9)10-6-16-7-19(10)4/h6-8H,5H2,1-4H3,(H,15,17,18). The Morgan fingerprint density at radius 3 is 2.63 bits per heavy atom. The monoisotopic (exact) mass is 371 g/mol. The van der Waals surface area contributed by atoms with E-state index in [4.69, 9.17) is 4.98 Å². The zero-order valence-corrected chi connectivity index (χ0v) is 13.8. The van der Waals surface area contributed by atoms with E-state index in [1.807, 2.05) is 18.7 Å². The van der Waals surface area contributed by atoms with E-state index in [2.05, 4.69) is 51.7 Å². The summed E-state index contributed by atoms with van der Waals surface area (Å²) in [5.74, 6) is 2.16. The molecule has 0 bridgehead atoms. The van der Waals surface area contributed by atoms with Crippen molar-refractivity contribution in [2.75, 3.05) is 12.4 Å². The maximum absolute atomic E-state index is 4.70. The van der Waals surface area contributed by atoms with E-state index in [-0.39, 0.29) is 0 Å². The Labute approximate surface area is 127 Å². The molecule has 2 aromatic heterocycles. The van der Waals surface area contributed by atoms with E-state index < -0.39 is 0 Å². The van der Waals surface area contributed by atoms with Gasteiger partial charge in [0.05, 0.1) is 21.8 Å². The van der Waals surface area contributed by atoms with Gasteiger partial charge in [0, 0.05) is 14.1 Å². The lowest BCUT2D eigenvalue weighted by atomic mass is 10.1. The van der Waals surface area contributed by atoms with Crippen LogP contribution in [0.4, 0.5) is 5.82 Å². The number of halogens is 1. The van der Waals surface area contributed by atoms with Crippen LogP contribution >= 0.6 is 22.6 Å². The van der Waals surface area contributed by atoms with Gasteiger partial charge in [-0.3, -0.25) is 0 Å². The zero-order valence-electron chi connectivity index (χ0n) is 11.6. The minimum atomic E-state index is 0.563. The van der Waals surface area contributed by atoms with Crippen molar-refractivity contribution < 1.29 is 0 Å². The number of hydrogen-bond donors (Lipinski definition) is 1. The van der Waals surface area contributed by atoms with E-state index in [0.29, 0.717) is 5.92 Å². The number of hydrogen-bond acceptors (Lipinski definition) is 4. The molecule has 0 amide bonds. The van der Waals surface area contributed by atoms with Gasteiger partial charge in [0.2, 0.25) is 0 Å². The highest BCUT2D eigenvalue weighted by Gasteiger charge is 2.15. The first-order valence-corrected chi connectivity index (χ1v) is 7.31. The fourth-order valence-electron chi connectivity index (χ4n) is 1.87. The molecule has 0 aliphatic heterocycles. The van der Waals surface area contributed by atoms with Crippen LogP contribution < -0.4 is 5.32 Å². The highest BCUT2D eigenvalue weighted by atomic mass is 127. The summed E-state index contributed by atoms with van der Waals surface area (Å²) in [4.78, 5) is 13.4. The first kappa shape index (κ1) is 14.2. The minimum absolute atomic E-state index is 0.563. The fourth-order valence-corrected chi connectivity index (χ4v) is 2.60. The van der Waals surface area contributed by atoms with Crippen LogP contribution in [0.1, 0.15) is 19.5 Å². The molecule has 0 aromatic carbocycles. The van der Waals surface area contributed by atoms with Crippen LogP contribution in [0.15, 0.2) is 12.5 Å². The molecule has 0 saturated heterocycles. The Morgan fingerprint density at radius 1 is 1.37 bits per heavy atom. The van der Waals surface area contributed by atoms with Crippen LogP contribution in [0.3, 0.4) is 0 Å². The Hall–Kier alpha value is -1.18. The summed E-state index contributed by atoms with van der Waals surface area (Å²) >= 11 is 2.31. The molecule has 0 radical (unpaired) electrons. The van der Waals surface area contributed by atoms with Crippen molar-refractivity contribution in [3.63, 3.8) is 0 Å². The van der Waals surface area contributed by atoms with Gasteiger partial charge < -0.3 is 9.88 Å². The predicted octanol–water partition coefficient (Wildman–Crippen LogP) is 2.72. The third-order valence-electron chi connectivity index (χ3n) is 2.80. The Bertz CT molecular complexity index is 576. The van der Waals surface area contributed by atoms with Crippen molar-refractivity contribution in [1.29, 1.82) is 0 Å². The second-order valence-electron chi connectivity index (χ2n) is 4.89. The lowest BCUT2D eigenvalue weighted by molar-refractivity contribution is 0.632. The molecule has 0 aliphatic rings. The third kappa shape index (κ3) is 3.05. The molecule has 1 N–H and O–H groups in total. The van der Waals surface area contributed by atoms with E-state index in [1.165, 1.54) is 0 Å². The smallest absolute Gasteiger partial charge is 0.180 e. The summed E-state index contributed by atoms with van der Waals surface area (Å²) in [7, 11) is 3.83.